The van der Waals surface area contributed by atoms with Gasteiger partial charge in [0.1, 0.15) is 19.0 Å². The summed E-state index contributed by atoms with van der Waals surface area (Å²) >= 11 is 0. The van der Waals surface area contributed by atoms with E-state index in [-0.39, 0.29) is 6.61 Å². The van der Waals surface area contributed by atoms with Crippen LogP contribution in [0.2, 0.25) is 0 Å². The molecule has 3 aromatic rings. The Balaban J connectivity index is 1.60. The summed E-state index contributed by atoms with van der Waals surface area (Å²) in [6.07, 6.45) is 4.02. The molecule has 0 radical (unpaired) electrons. The molecule has 2 aromatic carbocycles. The van der Waals surface area contributed by atoms with Gasteiger partial charge in [-0.15, -0.1) is 0 Å². The van der Waals surface area contributed by atoms with Gasteiger partial charge < -0.3 is 9.84 Å². The van der Waals surface area contributed by atoms with Gasteiger partial charge in [0.25, 0.3) is 0 Å². The maximum absolute atomic E-state index is 10.4. The summed E-state index contributed by atoms with van der Waals surface area (Å²) < 4.78 is 5.57. The lowest BCUT2D eigenvalue weighted by Crippen LogP contribution is -2.35. The Morgan fingerprint density at radius 3 is 1.92 bits per heavy atom. The van der Waals surface area contributed by atoms with E-state index in [1.54, 1.807) is 12.4 Å². The zero-order valence-corrected chi connectivity index (χ0v) is 14.6. The van der Waals surface area contributed by atoms with Crippen LogP contribution in [0.3, 0.4) is 0 Å². The molecule has 0 aliphatic carbocycles. The van der Waals surface area contributed by atoms with Crippen molar-refractivity contribution in [2.45, 2.75) is 19.2 Å². The van der Waals surface area contributed by atoms with Gasteiger partial charge in [0, 0.05) is 19.6 Å². The van der Waals surface area contributed by atoms with Gasteiger partial charge in [-0.1, -0.05) is 60.7 Å². The number of aromatic nitrogens is 2. The van der Waals surface area contributed by atoms with E-state index in [1.165, 1.54) is 17.5 Å². The highest BCUT2D eigenvalue weighted by Crippen LogP contribution is 2.11. The van der Waals surface area contributed by atoms with E-state index in [2.05, 4.69) is 39.1 Å². The Morgan fingerprint density at radius 2 is 1.38 bits per heavy atom. The molecule has 5 nitrogen and oxygen atoms in total. The summed E-state index contributed by atoms with van der Waals surface area (Å²) in [5, 5.41) is 10.4. The van der Waals surface area contributed by atoms with Gasteiger partial charge in [0.15, 0.2) is 5.75 Å². The van der Waals surface area contributed by atoms with E-state index < -0.39 is 6.10 Å². The molecule has 0 aliphatic rings. The van der Waals surface area contributed by atoms with E-state index in [4.69, 9.17) is 4.74 Å². The minimum Gasteiger partial charge on any atom is -0.488 e. The SMILES string of the molecule is OC(COc1cncnc1)CN(Cc1ccccc1)Cc1ccccc1. The second-order valence-electron chi connectivity index (χ2n) is 6.18. The summed E-state index contributed by atoms with van der Waals surface area (Å²) in [5.41, 5.74) is 2.43. The number of rotatable bonds is 9. The summed E-state index contributed by atoms with van der Waals surface area (Å²) in [6.45, 7) is 2.24. The topological polar surface area (TPSA) is 58.5 Å². The molecule has 0 fully saturated rings. The highest BCUT2D eigenvalue weighted by atomic mass is 16.5. The van der Waals surface area contributed by atoms with Crippen LogP contribution in [0, 0.1) is 0 Å². The van der Waals surface area contributed by atoms with Crippen molar-refractivity contribution in [1.29, 1.82) is 0 Å². The lowest BCUT2D eigenvalue weighted by Gasteiger charge is -2.25. The van der Waals surface area contributed by atoms with Crippen LogP contribution in [-0.2, 0) is 13.1 Å². The van der Waals surface area contributed by atoms with Crippen LogP contribution in [0.25, 0.3) is 0 Å². The van der Waals surface area contributed by atoms with Crippen LogP contribution in [0.15, 0.2) is 79.4 Å². The Morgan fingerprint density at radius 1 is 0.846 bits per heavy atom. The van der Waals surface area contributed by atoms with Crippen molar-refractivity contribution in [3.05, 3.63) is 90.5 Å². The van der Waals surface area contributed by atoms with E-state index in [1.807, 2.05) is 36.4 Å². The van der Waals surface area contributed by atoms with Gasteiger partial charge in [-0.3, -0.25) is 4.90 Å². The molecular weight excluding hydrogens is 326 g/mol. The zero-order chi connectivity index (χ0) is 18.0. The van der Waals surface area contributed by atoms with Crippen molar-refractivity contribution in [3.63, 3.8) is 0 Å². The first-order valence-corrected chi connectivity index (χ1v) is 8.65. The lowest BCUT2D eigenvalue weighted by molar-refractivity contribution is 0.0626. The first kappa shape index (κ1) is 18.0. The Kier molecular flexibility index (Phi) is 6.70. The Bertz CT molecular complexity index is 712. The summed E-state index contributed by atoms with van der Waals surface area (Å²) in [6, 6.07) is 20.5. The molecule has 1 atom stereocenters. The van der Waals surface area contributed by atoms with Crippen LogP contribution in [-0.4, -0.2) is 39.2 Å². The predicted molar refractivity (Wildman–Crippen MR) is 101 cm³/mol. The largest absolute Gasteiger partial charge is 0.488 e. The van der Waals surface area contributed by atoms with Crippen molar-refractivity contribution in [2.24, 2.45) is 0 Å². The van der Waals surface area contributed by atoms with E-state index in [0.717, 1.165) is 13.1 Å². The maximum Gasteiger partial charge on any atom is 0.156 e. The maximum atomic E-state index is 10.4. The van der Waals surface area contributed by atoms with Gasteiger partial charge in [0.05, 0.1) is 12.4 Å². The van der Waals surface area contributed by atoms with E-state index in [9.17, 15) is 5.11 Å². The molecule has 0 saturated carbocycles. The molecule has 0 amide bonds. The monoisotopic (exact) mass is 349 g/mol. The predicted octanol–water partition coefficient (Wildman–Crippen LogP) is 2.92. The average Bonchev–Trinajstić information content (AvgIpc) is 2.69. The number of hydrogen-bond acceptors (Lipinski definition) is 5. The molecule has 134 valence electrons. The van der Waals surface area contributed by atoms with Crippen LogP contribution < -0.4 is 4.74 Å². The minimum absolute atomic E-state index is 0.202. The molecule has 1 N–H and O–H groups in total. The van der Waals surface area contributed by atoms with Crippen LogP contribution in [0.5, 0.6) is 5.75 Å². The molecule has 1 heterocycles. The van der Waals surface area contributed by atoms with Crippen molar-refractivity contribution < 1.29 is 9.84 Å². The number of nitrogens with zero attached hydrogens (tertiary/aromatic N) is 3. The van der Waals surface area contributed by atoms with Crippen molar-refractivity contribution in [3.8, 4) is 5.75 Å². The third-order valence-corrected chi connectivity index (χ3v) is 3.95. The van der Waals surface area contributed by atoms with Crippen molar-refractivity contribution >= 4 is 0 Å². The minimum atomic E-state index is -0.609. The fourth-order valence-corrected chi connectivity index (χ4v) is 2.77. The fraction of sp³-hybridized carbons (Fsp3) is 0.238. The highest BCUT2D eigenvalue weighted by Gasteiger charge is 2.14. The number of hydrogen-bond donors (Lipinski definition) is 1. The van der Waals surface area contributed by atoms with Crippen LogP contribution >= 0.6 is 0 Å². The Hall–Kier alpha value is -2.76. The molecule has 5 heteroatoms. The molecule has 3 rings (SSSR count). The second-order valence-corrected chi connectivity index (χ2v) is 6.18. The molecule has 0 spiro atoms. The fourth-order valence-electron chi connectivity index (χ4n) is 2.77. The highest BCUT2D eigenvalue weighted by molar-refractivity contribution is 5.17. The lowest BCUT2D eigenvalue weighted by atomic mass is 10.1. The normalized spacial score (nSPS) is 12.1. The first-order valence-electron chi connectivity index (χ1n) is 8.65. The van der Waals surface area contributed by atoms with Crippen molar-refractivity contribution in [1.82, 2.24) is 14.9 Å². The van der Waals surface area contributed by atoms with Gasteiger partial charge >= 0.3 is 0 Å². The van der Waals surface area contributed by atoms with Gasteiger partial charge in [0.2, 0.25) is 0 Å². The molecule has 0 saturated heterocycles. The van der Waals surface area contributed by atoms with Crippen LogP contribution in [0.4, 0.5) is 0 Å². The first-order chi connectivity index (χ1) is 12.8. The van der Waals surface area contributed by atoms with Gasteiger partial charge in [-0.2, -0.15) is 0 Å². The molecule has 1 unspecified atom stereocenters. The molecule has 26 heavy (non-hydrogen) atoms. The molecular formula is C21H23N3O2. The molecule has 0 bridgehead atoms. The van der Waals surface area contributed by atoms with E-state index >= 15 is 0 Å². The Labute approximate surface area is 153 Å². The summed E-state index contributed by atoms with van der Waals surface area (Å²) in [7, 11) is 0. The number of aliphatic hydroxyl groups is 1. The second kappa shape index (κ2) is 9.65. The zero-order valence-electron chi connectivity index (χ0n) is 14.6. The quantitative estimate of drug-likeness (QED) is 0.644. The molecule has 0 aliphatic heterocycles. The number of ether oxygens (including phenoxy) is 1. The average molecular weight is 349 g/mol. The standard InChI is InChI=1S/C21H23N3O2/c25-20(16-26-21-11-22-17-23-12-21)15-24(13-18-7-3-1-4-8-18)14-19-9-5-2-6-10-19/h1-12,17,20,25H,13-16H2. The molecule has 1 aromatic heterocycles. The third-order valence-electron chi connectivity index (χ3n) is 3.95. The smallest absolute Gasteiger partial charge is 0.156 e. The van der Waals surface area contributed by atoms with Crippen molar-refractivity contribution in [2.75, 3.05) is 13.2 Å². The van der Waals surface area contributed by atoms with Gasteiger partial charge in [-0.25, -0.2) is 9.97 Å². The number of aliphatic hydroxyl groups excluding tert-OH is 1. The van der Waals surface area contributed by atoms with Crippen LogP contribution in [0.1, 0.15) is 11.1 Å². The number of benzene rings is 2. The summed E-state index contributed by atoms with van der Waals surface area (Å²) in [5.74, 6) is 0.559. The van der Waals surface area contributed by atoms with Gasteiger partial charge in [-0.05, 0) is 11.1 Å². The summed E-state index contributed by atoms with van der Waals surface area (Å²) in [4.78, 5) is 10.0. The third kappa shape index (κ3) is 5.95. The van der Waals surface area contributed by atoms with E-state index in [0.29, 0.717) is 12.3 Å².